The number of nitrogens with one attached hydrogen (secondary N) is 1. The van der Waals surface area contributed by atoms with E-state index in [0.717, 1.165) is 25.9 Å². The Morgan fingerprint density at radius 2 is 2.00 bits per heavy atom. The number of rotatable bonds is 2. The second kappa shape index (κ2) is 4.89. The maximum absolute atomic E-state index is 11.7. The summed E-state index contributed by atoms with van der Waals surface area (Å²) in [5.74, 6) is 0.0870. The fourth-order valence-corrected chi connectivity index (χ4v) is 1.66. The number of nitrogen functional groups attached to an aromatic ring is 1. The average molecular weight is 221 g/mol. The van der Waals surface area contributed by atoms with Crippen molar-refractivity contribution in [2.75, 3.05) is 18.8 Å². The van der Waals surface area contributed by atoms with E-state index in [1.54, 1.807) is 0 Å². The Balaban J connectivity index is 1.94. The number of aromatic nitrogens is 2. The molecule has 0 saturated carbocycles. The SMILES string of the molecule is Nc1cnc(C(=O)NN2CCCCC2)cn1. The lowest BCUT2D eigenvalue weighted by molar-refractivity contribution is 0.0744. The van der Waals surface area contributed by atoms with Crippen LogP contribution in [0.2, 0.25) is 0 Å². The van der Waals surface area contributed by atoms with E-state index in [0.29, 0.717) is 11.5 Å². The molecular formula is C10H15N5O. The van der Waals surface area contributed by atoms with Gasteiger partial charge in [0.1, 0.15) is 11.5 Å². The molecule has 1 aromatic rings. The number of hydrazine groups is 1. The van der Waals surface area contributed by atoms with Gasteiger partial charge in [-0.3, -0.25) is 10.2 Å². The molecule has 2 heterocycles. The van der Waals surface area contributed by atoms with E-state index in [9.17, 15) is 4.79 Å². The third-order valence-corrected chi connectivity index (χ3v) is 2.52. The Morgan fingerprint density at radius 1 is 1.25 bits per heavy atom. The first-order valence-electron chi connectivity index (χ1n) is 5.39. The Labute approximate surface area is 93.8 Å². The molecule has 1 amide bonds. The summed E-state index contributed by atoms with van der Waals surface area (Å²) < 4.78 is 0. The van der Waals surface area contributed by atoms with Crippen molar-refractivity contribution in [2.24, 2.45) is 0 Å². The van der Waals surface area contributed by atoms with Gasteiger partial charge >= 0.3 is 0 Å². The number of nitrogens with two attached hydrogens (primary N) is 1. The zero-order valence-electron chi connectivity index (χ0n) is 9.02. The van der Waals surface area contributed by atoms with Gasteiger partial charge in [-0.15, -0.1) is 0 Å². The molecule has 0 atom stereocenters. The smallest absolute Gasteiger partial charge is 0.285 e. The molecule has 1 fully saturated rings. The summed E-state index contributed by atoms with van der Waals surface area (Å²) >= 11 is 0. The highest BCUT2D eigenvalue weighted by Gasteiger charge is 2.14. The van der Waals surface area contributed by atoms with Crippen molar-refractivity contribution in [3.63, 3.8) is 0 Å². The molecule has 16 heavy (non-hydrogen) atoms. The first-order chi connectivity index (χ1) is 7.75. The van der Waals surface area contributed by atoms with Gasteiger partial charge < -0.3 is 5.73 Å². The van der Waals surface area contributed by atoms with Gasteiger partial charge in [-0.1, -0.05) is 6.42 Å². The van der Waals surface area contributed by atoms with Gasteiger partial charge in [0.25, 0.3) is 5.91 Å². The van der Waals surface area contributed by atoms with Crippen molar-refractivity contribution >= 4 is 11.7 Å². The summed E-state index contributed by atoms with van der Waals surface area (Å²) in [7, 11) is 0. The van der Waals surface area contributed by atoms with Crippen LogP contribution in [-0.2, 0) is 0 Å². The summed E-state index contributed by atoms with van der Waals surface area (Å²) in [6, 6.07) is 0. The highest BCUT2D eigenvalue weighted by molar-refractivity contribution is 5.91. The maximum atomic E-state index is 11.7. The zero-order chi connectivity index (χ0) is 11.4. The Bertz CT molecular complexity index is 358. The minimum absolute atomic E-state index is 0.227. The summed E-state index contributed by atoms with van der Waals surface area (Å²) in [5.41, 5.74) is 8.49. The maximum Gasteiger partial charge on any atom is 0.285 e. The first kappa shape index (κ1) is 10.8. The van der Waals surface area contributed by atoms with Crippen LogP contribution < -0.4 is 11.2 Å². The van der Waals surface area contributed by atoms with Gasteiger partial charge in [0.15, 0.2) is 0 Å². The standard InChI is InChI=1S/C10H15N5O/c11-9-7-12-8(6-13-9)10(16)14-15-4-2-1-3-5-15/h6-7H,1-5H2,(H2,11,13)(H,14,16). The number of hydrogen-bond donors (Lipinski definition) is 2. The second-order valence-corrected chi connectivity index (χ2v) is 3.82. The van der Waals surface area contributed by atoms with E-state index >= 15 is 0 Å². The normalized spacial score (nSPS) is 17.0. The molecule has 0 aliphatic carbocycles. The Kier molecular flexibility index (Phi) is 3.31. The van der Waals surface area contributed by atoms with Crippen LogP contribution in [0.4, 0.5) is 5.82 Å². The number of nitrogens with zero attached hydrogens (tertiary/aromatic N) is 3. The highest BCUT2D eigenvalue weighted by Crippen LogP contribution is 2.06. The predicted octanol–water partition coefficient (Wildman–Crippen LogP) is 0.189. The lowest BCUT2D eigenvalue weighted by Gasteiger charge is -2.26. The van der Waals surface area contributed by atoms with Crippen LogP contribution in [0.1, 0.15) is 29.8 Å². The first-order valence-corrected chi connectivity index (χ1v) is 5.39. The molecule has 0 radical (unpaired) electrons. The molecule has 1 saturated heterocycles. The van der Waals surface area contributed by atoms with E-state index in [1.165, 1.54) is 18.8 Å². The van der Waals surface area contributed by atoms with Crippen LogP contribution >= 0.6 is 0 Å². The van der Waals surface area contributed by atoms with E-state index in [1.807, 2.05) is 5.01 Å². The molecule has 0 unspecified atom stereocenters. The topological polar surface area (TPSA) is 84.1 Å². The van der Waals surface area contributed by atoms with E-state index < -0.39 is 0 Å². The Morgan fingerprint density at radius 3 is 2.62 bits per heavy atom. The molecule has 6 heteroatoms. The van der Waals surface area contributed by atoms with E-state index in [2.05, 4.69) is 15.4 Å². The van der Waals surface area contributed by atoms with Gasteiger partial charge in [0, 0.05) is 13.1 Å². The molecule has 1 aromatic heterocycles. The van der Waals surface area contributed by atoms with Gasteiger partial charge in [-0.25, -0.2) is 15.0 Å². The van der Waals surface area contributed by atoms with Crippen LogP contribution in [0.25, 0.3) is 0 Å². The van der Waals surface area contributed by atoms with Crippen molar-refractivity contribution in [2.45, 2.75) is 19.3 Å². The molecule has 1 aliphatic rings. The van der Waals surface area contributed by atoms with Crippen LogP contribution in [0.3, 0.4) is 0 Å². The lowest BCUT2D eigenvalue weighted by atomic mass is 10.2. The molecule has 0 aromatic carbocycles. The van der Waals surface area contributed by atoms with Crippen molar-refractivity contribution in [1.29, 1.82) is 0 Å². The van der Waals surface area contributed by atoms with Gasteiger partial charge in [-0.2, -0.15) is 0 Å². The number of carbonyl (C=O) groups excluding carboxylic acids is 1. The van der Waals surface area contributed by atoms with Crippen LogP contribution in [0.5, 0.6) is 0 Å². The summed E-state index contributed by atoms with van der Waals surface area (Å²) in [6.45, 7) is 1.79. The average Bonchev–Trinajstić information content (AvgIpc) is 2.31. The third kappa shape index (κ3) is 2.66. The highest BCUT2D eigenvalue weighted by atomic mass is 16.2. The van der Waals surface area contributed by atoms with Gasteiger partial charge in [0.05, 0.1) is 12.4 Å². The molecule has 0 spiro atoms. The van der Waals surface area contributed by atoms with Crippen molar-refractivity contribution in [3.05, 3.63) is 18.1 Å². The van der Waals surface area contributed by atoms with Crippen molar-refractivity contribution in [1.82, 2.24) is 20.4 Å². The largest absolute Gasteiger partial charge is 0.382 e. The van der Waals surface area contributed by atoms with Gasteiger partial charge in [0.2, 0.25) is 0 Å². The molecule has 86 valence electrons. The third-order valence-electron chi connectivity index (χ3n) is 2.52. The number of hydrogen-bond acceptors (Lipinski definition) is 5. The molecule has 0 bridgehead atoms. The molecule has 6 nitrogen and oxygen atoms in total. The Hall–Kier alpha value is -1.69. The minimum atomic E-state index is -0.227. The van der Waals surface area contributed by atoms with Crippen LogP contribution in [-0.4, -0.2) is 34.0 Å². The molecule has 1 aliphatic heterocycles. The predicted molar refractivity (Wildman–Crippen MR) is 59.3 cm³/mol. The fraction of sp³-hybridized carbons (Fsp3) is 0.500. The summed E-state index contributed by atoms with van der Waals surface area (Å²) in [6.07, 6.45) is 6.23. The second-order valence-electron chi connectivity index (χ2n) is 3.82. The van der Waals surface area contributed by atoms with E-state index in [4.69, 9.17) is 5.73 Å². The quantitative estimate of drug-likeness (QED) is 0.744. The monoisotopic (exact) mass is 221 g/mol. The van der Waals surface area contributed by atoms with E-state index in [-0.39, 0.29) is 5.91 Å². The summed E-state index contributed by atoms with van der Waals surface area (Å²) in [4.78, 5) is 19.5. The fourth-order valence-electron chi connectivity index (χ4n) is 1.66. The number of amides is 1. The molecule has 2 rings (SSSR count). The van der Waals surface area contributed by atoms with Gasteiger partial charge in [-0.05, 0) is 12.8 Å². The molecule has 3 N–H and O–H groups in total. The van der Waals surface area contributed by atoms with Crippen LogP contribution in [0, 0.1) is 0 Å². The zero-order valence-corrected chi connectivity index (χ0v) is 9.02. The molecular weight excluding hydrogens is 206 g/mol. The number of anilines is 1. The van der Waals surface area contributed by atoms with Crippen LogP contribution in [0.15, 0.2) is 12.4 Å². The van der Waals surface area contributed by atoms with Crippen molar-refractivity contribution in [3.8, 4) is 0 Å². The number of carbonyl (C=O) groups is 1. The number of piperidine rings is 1. The summed E-state index contributed by atoms with van der Waals surface area (Å²) in [5, 5.41) is 1.92. The lowest BCUT2D eigenvalue weighted by Crippen LogP contribution is -2.45. The minimum Gasteiger partial charge on any atom is -0.382 e. The van der Waals surface area contributed by atoms with Crippen molar-refractivity contribution < 1.29 is 4.79 Å².